The molecule has 2 amide bonds. The van der Waals surface area contributed by atoms with E-state index in [4.69, 9.17) is 4.74 Å². The fraction of sp³-hybridized carbons (Fsp3) is 0.500. The number of nitrogens with one attached hydrogen (secondary N) is 1. The number of carbonyl (C=O) groups is 2. The molecule has 3 rings (SSSR count). The first-order chi connectivity index (χ1) is 10.1. The molecular formula is C16H20N2O3. The zero-order valence-electron chi connectivity index (χ0n) is 12.2. The van der Waals surface area contributed by atoms with Crippen LogP contribution in [-0.4, -0.2) is 37.6 Å². The average Bonchev–Trinajstić information content (AvgIpc) is 3.13. The number of carbonyl (C=O) groups excluding carboxylic acids is 2. The van der Waals surface area contributed by atoms with Crippen LogP contribution in [0.1, 0.15) is 35.7 Å². The van der Waals surface area contributed by atoms with Gasteiger partial charge >= 0.3 is 0 Å². The Morgan fingerprint density at radius 1 is 1.43 bits per heavy atom. The molecule has 0 aromatic heterocycles. The molecule has 0 radical (unpaired) electrons. The molecule has 2 heterocycles. The Hall–Kier alpha value is -1.88. The molecule has 0 aliphatic carbocycles. The van der Waals surface area contributed by atoms with Crippen LogP contribution < -0.4 is 10.2 Å². The van der Waals surface area contributed by atoms with Gasteiger partial charge in [-0.3, -0.25) is 9.59 Å². The molecule has 2 aliphatic heterocycles. The smallest absolute Gasteiger partial charge is 0.251 e. The molecule has 1 N–H and O–H groups in total. The normalized spacial score (nSPS) is 20.4. The van der Waals surface area contributed by atoms with Gasteiger partial charge in [0.1, 0.15) is 0 Å². The van der Waals surface area contributed by atoms with Gasteiger partial charge in [-0.1, -0.05) is 6.07 Å². The first kappa shape index (κ1) is 14.1. The Labute approximate surface area is 124 Å². The van der Waals surface area contributed by atoms with E-state index >= 15 is 0 Å². The highest BCUT2D eigenvalue weighted by Crippen LogP contribution is 2.29. The summed E-state index contributed by atoms with van der Waals surface area (Å²) in [6, 6.07) is 5.58. The minimum absolute atomic E-state index is 0.0191. The zero-order valence-corrected chi connectivity index (χ0v) is 12.2. The van der Waals surface area contributed by atoms with Crippen LogP contribution in [0.2, 0.25) is 0 Å². The van der Waals surface area contributed by atoms with Crippen molar-refractivity contribution in [3.8, 4) is 0 Å². The first-order valence-electron chi connectivity index (χ1n) is 7.46. The molecule has 21 heavy (non-hydrogen) atoms. The Kier molecular flexibility index (Phi) is 3.92. The molecule has 1 saturated heterocycles. The SMILES string of the molecule is CC(=O)N1CCc2ccc(C(=O)NCC3CCCO3)cc21. The summed E-state index contributed by atoms with van der Waals surface area (Å²) >= 11 is 0. The lowest BCUT2D eigenvalue weighted by Gasteiger charge is -2.16. The molecule has 0 bridgehead atoms. The monoisotopic (exact) mass is 288 g/mol. The van der Waals surface area contributed by atoms with Gasteiger partial charge in [0, 0.05) is 37.9 Å². The molecule has 112 valence electrons. The molecular weight excluding hydrogens is 268 g/mol. The highest BCUT2D eigenvalue weighted by molar-refractivity contribution is 5.99. The highest BCUT2D eigenvalue weighted by atomic mass is 16.5. The van der Waals surface area contributed by atoms with Crippen molar-refractivity contribution in [2.45, 2.75) is 32.3 Å². The first-order valence-corrected chi connectivity index (χ1v) is 7.46. The Balaban J connectivity index is 1.69. The van der Waals surface area contributed by atoms with Gasteiger partial charge < -0.3 is 15.0 Å². The number of anilines is 1. The maximum Gasteiger partial charge on any atom is 0.251 e. The van der Waals surface area contributed by atoms with Crippen molar-refractivity contribution < 1.29 is 14.3 Å². The molecule has 5 heteroatoms. The van der Waals surface area contributed by atoms with Gasteiger partial charge in [-0.25, -0.2) is 0 Å². The molecule has 0 saturated carbocycles. The van der Waals surface area contributed by atoms with Crippen molar-refractivity contribution in [3.63, 3.8) is 0 Å². The summed E-state index contributed by atoms with van der Waals surface area (Å²) in [5.74, 6) is -0.0886. The second-order valence-corrected chi connectivity index (χ2v) is 5.61. The van der Waals surface area contributed by atoms with Gasteiger partial charge in [0.05, 0.1) is 6.10 Å². The van der Waals surface area contributed by atoms with Crippen LogP contribution in [0.5, 0.6) is 0 Å². The molecule has 1 aromatic carbocycles. The van der Waals surface area contributed by atoms with E-state index in [1.54, 1.807) is 11.8 Å². The quantitative estimate of drug-likeness (QED) is 0.917. The Morgan fingerprint density at radius 2 is 2.29 bits per heavy atom. The number of ether oxygens (including phenoxy) is 1. The third-order valence-electron chi connectivity index (χ3n) is 4.14. The molecule has 2 aliphatic rings. The number of rotatable bonds is 3. The van der Waals surface area contributed by atoms with Crippen molar-refractivity contribution in [1.82, 2.24) is 5.32 Å². The van der Waals surface area contributed by atoms with E-state index < -0.39 is 0 Å². The van der Waals surface area contributed by atoms with E-state index in [2.05, 4.69) is 5.32 Å². The summed E-state index contributed by atoms with van der Waals surface area (Å²) in [4.78, 5) is 25.5. The number of fused-ring (bicyclic) bond motifs is 1. The van der Waals surface area contributed by atoms with Crippen LogP contribution in [-0.2, 0) is 16.0 Å². The van der Waals surface area contributed by atoms with Gasteiger partial charge in [-0.2, -0.15) is 0 Å². The maximum atomic E-state index is 12.2. The number of nitrogens with zero attached hydrogens (tertiary/aromatic N) is 1. The minimum Gasteiger partial charge on any atom is -0.376 e. The van der Waals surface area contributed by atoms with E-state index in [1.807, 2.05) is 18.2 Å². The van der Waals surface area contributed by atoms with Gasteiger partial charge in [-0.15, -0.1) is 0 Å². The Morgan fingerprint density at radius 3 is 3.00 bits per heavy atom. The lowest BCUT2D eigenvalue weighted by Crippen LogP contribution is -2.32. The summed E-state index contributed by atoms with van der Waals surface area (Å²) in [6.07, 6.45) is 3.06. The van der Waals surface area contributed by atoms with E-state index in [9.17, 15) is 9.59 Å². The summed E-state index contributed by atoms with van der Waals surface area (Å²) in [5.41, 5.74) is 2.59. The summed E-state index contributed by atoms with van der Waals surface area (Å²) in [7, 11) is 0. The van der Waals surface area contributed by atoms with Crippen LogP contribution in [0.15, 0.2) is 18.2 Å². The second-order valence-electron chi connectivity index (χ2n) is 5.61. The number of hydrogen-bond donors (Lipinski definition) is 1. The van der Waals surface area contributed by atoms with E-state index in [0.717, 1.165) is 37.1 Å². The van der Waals surface area contributed by atoms with Crippen LogP contribution in [0.25, 0.3) is 0 Å². The zero-order chi connectivity index (χ0) is 14.8. The summed E-state index contributed by atoms with van der Waals surface area (Å²) < 4.78 is 5.49. The molecule has 1 unspecified atom stereocenters. The van der Waals surface area contributed by atoms with Gasteiger partial charge in [0.2, 0.25) is 5.91 Å². The summed E-state index contributed by atoms with van der Waals surface area (Å²) in [6.45, 7) is 3.59. The Bertz CT molecular complexity index is 565. The van der Waals surface area contributed by atoms with Crippen LogP contribution in [0.3, 0.4) is 0 Å². The number of hydrogen-bond acceptors (Lipinski definition) is 3. The number of amides is 2. The highest BCUT2D eigenvalue weighted by Gasteiger charge is 2.23. The fourth-order valence-corrected chi connectivity index (χ4v) is 2.96. The predicted molar refractivity (Wildman–Crippen MR) is 79.5 cm³/mol. The van der Waals surface area contributed by atoms with Crippen LogP contribution >= 0.6 is 0 Å². The summed E-state index contributed by atoms with van der Waals surface area (Å²) in [5, 5.41) is 2.91. The van der Waals surface area contributed by atoms with Crippen LogP contribution in [0, 0.1) is 0 Å². The van der Waals surface area contributed by atoms with E-state index in [0.29, 0.717) is 18.7 Å². The topological polar surface area (TPSA) is 58.6 Å². The van der Waals surface area contributed by atoms with Gasteiger partial charge in [0.25, 0.3) is 5.91 Å². The molecule has 5 nitrogen and oxygen atoms in total. The third kappa shape index (κ3) is 2.93. The average molecular weight is 288 g/mol. The van der Waals surface area contributed by atoms with Gasteiger partial charge in [0.15, 0.2) is 0 Å². The molecule has 1 aromatic rings. The maximum absolute atomic E-state index is 12.2. The predicted octanol–water partition coefficient (Wildman–Crippen LogP) is 1.50. The van der Waals surface area contributed by atoms with Crippen LogP contribution in [0.4, 0.5) is 5.69 Å². The lowest BCUT2D eigenvalue weighted by molar-refractivity contribution is -0.116. The third-order valence-corrected chi connectivity index (χ3v) is 4.14. The number of benzene rings is 1. The fourth-order valence-electron chi connectivity index (χ4n) is 2.96. The minimum atomic E-state index is -0.108. The van der Waals surface area contributed by atoms with Gasteiger partial charge in [-0.05, 0) is 37.0 Å². The lowest BCUT2D eigenvalue weighted by atomic mass is 10.1. The molecule has 1 atom stereocenters. The van der Waals surface area contributed by atoms with Crippen molar-refractivity contribution in [1.29, 1.82) is 0 Å². The second kappa shape index (κ2) is 5.85. The van der Waals surface area contributed by atoms with Crippen molar-refractivity contribution in [2.24, 2.45) is 0 Å². The largest absolute Gasteiger partial charge is 0.376 e. The van der Waals surface area contributed by atoms with Crippen molar-refractivity contribution in [2.75, 3.05) is 24.6 Å². The van der Waals surface area contributed by atoms with E-state index in [-0.39, 0.29) is 17.9 Å². The molecule has 0 spiro atoms. The van der Waals surface area contributed by atoms with Crippen molar-refractivity contribution in [3.05, 3.63) is 29.3 Å². The van der Waals surface area contributed by atoms with Crippen molar-refractivity contribution >= 4 is 17.5 Å². The van der Waals surface area contributed by atoms with E-state index in [1.165, 1.54) is 0 Å². The molecule has 1 fully saturated rings. The standard InChI is InChI=1S/C16H20N2O3/c1-11(19)18-7-6-12-4-5-13(9-15(12)18)16(20)17-10-14-3-2-8-21-14/h4-5,9,14H,2-3,6-8,10H2,1H3,(H,17,20).